The van der Waals surface area contributed by atoms with E-state index in [0.29, 0.717) is 11.5 Å². The molecule has 4 rings (SSSR count). The molecule has 8 heteroatoms. The van der Waals surface area contributed by atoms with E-state index in [9.17, 15) is 9.59 Å². The second-order valence-electron chi connectivity index (χ2n) is 6.44. The normalized spacial score (nSPS) is 19.8. The van der Waals surface area contributed by atoms with Crippen LogP contribution in [0.1, 0.15) is 12.8 Å². The molecule has 2 aliphatic heterocycles. The molecule has 2 aromatic rings. The van der Waals surface area contributed by atoms with Gasteiger partial charge in [-0.05, 0) is 25.0 Å². The van der Waals surface area contributed by atoms with E-state index in [1.165, 1.54) is 6.07 Å². The van der Waals surface area contributed by atoms with Crippen LogP contribution in [0.2, 0.25) is 0 Å². The van der Waals surface area contributed by atoms with Crippen molar-refractivity contribution >= 4 is 11.6 Å². The highest BCUT2D eigenvalue weighted by molar-refractivity contribution is 5.82. The maximum absolute atomic E-state index is 12.5. The summed E-state index contributed by atoms with van der Waals surface area (Å²) in [4.78, 5) is 26.0. The van der Waals surface area contributed by atoms with E-state index in [-0.39, 0.29) is 24.1 Å². The van der Waals surface area contributed by atoms with Gasteiger partial charge in [0, 0.05) is 25.2 Å². The molecule has 1 saturated heterocycles. The lowest BCUT2D eigenvalue weighted by atomic mass is 10.0. The van der Waals surface area contributed by atoms with Gasteiger partial charge in [-0.2, -0.15) is 5.10 Å². The number of amides is 1. The largest absolute Gasteiger partial charge is 0.485 e. The van der Waals surface area contributed by atoms with Crippen LogP contribution >= 0.6 is 0 Å². The highest BCUT2D eigenvalue weighted by atomic mass is 16.6. The summed E-state index contributed by atoms with van der Waals surface area (Å²) in [6.07, 6.45) is 2.59. The Hall–Kier alpha value is -3.03. The summed E-state index contributed by atoms with van der Waals surface area (Å²) in [6.45, 7) is 1.71. The van der Waals surface area contributed by atoms with Gasteiger partial charge in [0.05, 0.1) is 11.9 Å². The molecule has 2 N–H and O–H groups in total. The molecule has 136 valence electrons. The van der Waals surface area contributed by atoms with E-state index >= 15 is 0 Å². The van der Waals surface area contributed by atoms with Gasteiger partial charge in [0.15, 0.2) is 11.5 Å². The molecule has 26 heavy (non-hydrogen) atoms. The van der Waals surface area contributed by atoms with Gasteiger partial charge in [0.2, 0.25) is 6.10 Å². The predicted molar refractivity (Wildman–Crippen MR) is 94.6 cm³/mol. The number of carbonyl (C=O) groups excluding carboxylic acids is 1. The number of piperidine rings is 1. The Morgan fingerprint density at radius 1 is 1.23 bits per heavy atom. The summed E-state index contributed by atoms with van der Waals surface area (Å²) >= 11 is 0. The number of aromatic nitrogens is 2. The third kappa shape index (κ3) is 3.49. The molecule has 1 atom stereocenters. The second-order valence-corrected chi connectivity index (χ2v) is 6.44. The molecule has 1 unspecified atom stereocenters. The third-order valence-corrected chi connectivity index (χ3v) is 4.66. The molecular formula is C18H20N4O4. The van der Waals surface area contributed by atoms with Gasteiger partial charge in [-0.15, -0.1) is 0 Å². The fourth-order valence-corrected chi connectivity index (χ4v) is 3.26. The Labute approximate surface area is 150 Å². The van der Waals surface area contributed by atoms with Crippen LogP contribution in [0.3, 0.4) is 0 Å². The number of nitrogens with zero attached hydrogens (tertiary/aromatic N) is 2. The SMILES string of the molecule is O=C(NC1CCN(c2cn[nH]c(=O)c2)CC1)C1COc2ccccc2O1. The second kappa shape index (κ2) is 7.07. The number of anilines is 1. The van der Waals surface area contributed by atoms with Gasteiger partial charge in [0.25, 0.3) is 11.5 Å². The van der Waals surface area contributed by atoms with Crippen LogP contribution in [-0.2, 0) is 4.79 Å². The third-order valence-electron chi connectivity index (χ3n) is 4.66. The summed E-state index contributed by atoms with van der Waals surface area (Å²) in [7, 11) is 0. The van der Waals surface area contributed by atoms with E-state index in [0.717, 1.165) is 31.6 Å². The molecule has 0 spiro atoms. The Kier molecular flexibility index (Phi) is 4.47. The van der Waals surface area contributed by atoms with Gasteiger partial charge in [-0.25, -0.2) is 5.10 Å². The van der Waals surface area contributed by atoms with Crippen LogP contribution in [-0.4, -0.2) is 47.9 Å². The van der Waals surface area contributed by atoms with Crippen molar-refractivity contribution in [2.75, 3.05) is 24.6 Å². The molecule has 0 bridgehead atoms. The molecule has 0 aliphatic carbocycles. The molecule has 0 radical (unpaired) electrons. The zero-order valence-corrected chi connectivity index (χ0v) is 14.2. The lowest BCUT2D eigenvalue weighted by Gasteiger charge is -2.34. The Bertz CT molecular complexity index is 845. The molecule has 8 nitrogen and oxygen atoms in total. The lowest BCUT2D eigenvalue weighted by Crippen LogP contribution is -2.51. The van der Waals surface area contributed by atoms with E-state index in [1.807, 2.05) is 18.2 Å². The summed E-state index contributed by atoms with van der Waals surface area (Å²) in [5.74, 6) is 1.10. The highest BCUT2D eigenvalue weighted by Gasteiger charge is 2.30. The smallest absolute Gasteiger partial charge is 0.266 e. The number of rotatable bonds is 3. The molecule has 0 saturated carbocycles. The summed E-state index contributed by atoms with van der Waals surface area (Å²) in [6, 6.07) is 8.95. The molecule has 3 heterocycles. The summed E-state index contributed by atoms with van der Waals surface area (Å²) in [5, 5.41) is 9.25. The molecular weight excluding hydrogens is 336 g/mol. The maximum atomic E-state index is 12.5. The average molecular weight is 356 g/mol. The maximum Gasteiger partial charge on any atom is 0.266 e. The van der Waals surface area contributed by atoms with Crippen LogP contribution in [0.15, 0.2) is 41.3 Å². The molecule has 2 aliphatic rings. The first-order chi connectivity index (χ1) is 12.7. The van der Waals surface area contributed by atoms with Crippen LogP contribution in [0.4, 0.5) is 5.69 Å². The minimum absolute atomic E-state index is 0.0782. The first-order valence-corrected chi connectivity index (χ1v) is 8.67. The van der Waals surface area contributed by atoms with Crippen LogP contribution in [0.5, 0.6) is 11.5 Å². The van der Waals surface area contributed by atoms with Crippen LogP contribution < -0.4 is 25.2 Å². The predicted octanol–water partition coefficient (Wildman–Crippen LogP) is 0.695. The number of benzene rings is 1. The number of carbonyl (C=O) groups is 1. The van der Waals surface area contributed by atoms with Crippen LogP contribution in [0.25, 0.3) is 0 Å². The van der Waals surface area contributed by atoms with Gasteiger partial charge in [-0.3, -0.25) is 9.59 Å². The molecule has 1 aromatic carbocycles. The van der Waals surface area contributed by atoms with Crippen molar-refractivity contribution in [2.24, 2.45) is 0 Å². The zero-order chi connectivity index (χ0) is 17.9. The zero-order valence-electron chi connectivity index (χ0n) is 14.2. The highest BCUT2D eigenvalue weighted by Crippen LogP contribution is 2.31. The minimum Gasteiger partial charge on any atom is -0.485 e. The van der Waals surface area contributed by atoms with Crippen molar-refractivity contribution < 1.29 is 14.3 Å². The number of nitrogens with one attached hydrogen (secondary N) is 2. The Morgan fingerprint density at radius 3 is 2.77 bits per heavy atom. The number of ether oxygens (including phenoxy) is 2. The van der Waals surface area contributed by atoms with Crippen LogP contribution in [0, 0.1) is 0 Å². The van der Waals surface area contributed by atoms with Crippen molar-refractivity contribution in [3.8, 4) is 11.5 Å². The lowest BCUT2D eigenvalue weighted by molar-refractivity contribution is -0.131. The van der Waals surface area contributed by atoms with Crippen molar-refractivity contribution in [3.63, 3.8) is 0 Å². The number of fused-ring (bicyclic) bond motifs is 1. The Morgan fingerprint density at radius 2 is 2.00 bits per heavy atom. The fraction of sp³-hybridized carbons (Fsp3) is 0.389. The van der Waals surface area contributed by atoms with E-state index < -0.39 is 6.10 Å². The standard InChI is InChI=1S/C18H20N4O4/c23-17-9-13(10-19-21-17)22-7-5-12(6-8-22)20-18(24)16-11-25-14-3-1-2-4-15(14)26-16/h1-4,9-10,12,16H,5-8,11H2,(H,20,24)(H,21,23). The topological polar surface area (TPSA) is 96.6 Å². The molecule has 1 fully saturated rings. The van der Waals surface area contributed by atoms with Gasteiger partial charge < -0.3 is 19.7 Å². The van der Waals surface area contributed by atoms with Crippen molar-refractivity contribution in [1.82, 2.24) is 15.5 Å². The monoisotopic (exact) mass is 356 g/mol. The van der Waals surface area contributed by atoms with Gasteiger partial charge in [-0.1, -0.05) is 12.1 Å². The fourth-order valence-electron chi connectivity index (χ4n) is 3.26. The summed E-state index contributed by atoms with van der Waals surface area (Å²) in [5.41, 5.74) is 0.590. The number of hydrogen-bond acceptors (Lipinski definition) is 6. The number of aromatic amines is 1. The van der Waals surface area contributed by atoms with Gasteiger partial charge in [0.1, 0.15) is 6.61 Å². The van der Waals surface area contributed by atoms with Crippen molar-refractivity contribution in [2.45, 2.75) is 25.0 Å². The van der Waals surface area contributed by atoms with Crippen molar-refractivity contribution in [3.05, 3.63) is 46.9 Å². The number of H-pyrrole nitrogens is 1. The number of hydrogen-bond donors (Lipinski definition) is 2. The molecule has 1 aromatic heterocycles. The summed E-state index contributed by atoms with van der Waals surface area (Å²) < 4.78 is 11.3. The first-order valence-electron chi connectivity index (χ1n) is 8.67. The average Bonchev–Trinajstić information content (AvgIpc) is 2.68. The van der Waals surface area contributed by atoms with E-state index in [1.54, 1.807) is 12.3 Å². The Balaban J connectivity index is 1.31. The number of para-hydroxylation sites is 2. The first kappa shape index (κ1) is 16.4. The van der Waals surface area contributed by atoms with E-state index in [4.69, 9.17) is 9.47 Å². The van der Waals surface area contributed by atoms with Crippen molar-refractivity contribution in [1.29, 1.82) is 0 Å². The van der Waals surface area contributed by atoms with E-state index in [2.05, 4.69) is 20.4 Å². The quantitative estimate of drug-likeness (QED) is 0.840. The minimum atomic E-state index is -0.639. The molecule has 1 amide bonds. The van der Waals surface area contributed by atoms with Gasteiger partial charge >= 0.3 is 0 Å².